The smallest absolute Gasteiger partial charge is 0.332 e. The Labute approximate surface area is 146 Å². The maximum Gasteiger partial charge on any atom is 0.332 e. The molecule has 0 unspecified atom stereocenters. The van der Waals surface area contributed by atoms with Crippen LogP contribution in [-0.4, -0.2) is 24.3 Å². The summed E-state index contributed by atoms with van der Waals surface area (Å²) in [6, 6.07) is 7.50. The lowest BCUT2D eigenvalue weighted by atomic mass is 10.1. The quantitative estimate of drug-likeness (QED) is 0.475. The molecule has 0 aliphatic heterocycles. The third-order valence-electron chi connectivity index (χ3n) is 4.21. The fraction of sp³-hybridized carbons (Fsp3) is 0.650. The molecular formula is C20H32O4. The number of unbranched alkanes of at least 4 members (excludes halogenated alkanes) is 7. The SMILES string of the molecule is CCCCCCCCCC[C@@H](OCc1ccc(OC)cc1)C(=O)O. The highest BCUT2D eigenvalue weighted by atomic mass is 16.5. The first-order chi connectivity index (χ1) is 11.7. The van der Waals surface area contributed by atoms with Gasteiger partial charge in [-0.25, -0.2) is 4.79 Å². The van der Waals surface area contributed by atoms with Gasteiger partial charge >= 0.3 is 5.97 Å². The number of benzene rings is 1. The van der Waals surface area contributed by atoms with Crippen LogP contribution < -0.4 is 4.74 Å². The molecule has 4 nitrogen and oxygen atoms in total. The average molecular weight is 336 g/mol. The number of carboxylic acids is 1. The van der Waals surface area contributed by atoms with Crippen molar-refractivity contribution >= 4 is 5.97 Å². The maximum atomic E-state index is 11.3. The van der Waals surface area contributed by atoms with E-state index in [-0.39, 0.29) is 0 Å². The minimum Gasteiger partial charge on any atom is -0.497 e. The summed E-state index contributed by atoms with van der Waals surface area (Å²) in [6.45, 7) is 2.54. The van der Waals surface area contributed by atoms with E-state index in [1.165, 1.54) is 38.5 Å². The largest absolute Gasteiger partial charge is 0.497 e. The molecule has 0 saturated heterocycles. The first kappa shape index (κ1) is 20.5. The first-order valence-electron chi connectivity index (χ1n) is 9.14. The van der Waals surface area contributed by atoms with E-state index in [0.717, 1.165) is 24.2 Å². The van der Waals surface area contributed by atoms with Crippen LogP contribution in [0.3, 0.4) is 0 Å². The molecule has 0 fully saturated rings. The van der Waals surface area contributed by atoms with Crippen molar-refractivity contribution in [3.63, 3.8) is 0 Å². The molecule has 0 aliphatic carbocycles. The standard InChI is InChI=1S/C20H32O4/c1-3-4-5-6-7-8-9-10-11-19(20(21)22)24-16-17-12-14-18(23-2)15-13-17/h12-15,19H,3-11,16H2,1-2H3,(H,21,22)/t19-/m1/s1. The van der Waals surface area contributed by atoms with E-state index in [9.17, 15) is 9.90 Å². The van der Waals surface area contributed by atoms with Crippen molar-refractivity contribution < 1.29 is 19.4 Å². The van der Waals surface area contributed by atoms with E-state index in [1.54, 1.807) is 7.11 Å². The summed E-state index contributed by atoms with van der Waals surface area (Å²) < 4.78 is 10.7. The highest BCUT2D eigenvalue weighted by molar-refractivity contribution is 5.72. The predicted molar refractivity (Wildman–Crippen MR) is 96.4 cm³/mol. The number of methoxy groups -OCH3 is 1. The number of hydrogen-bond acceptors (Lipinski definition) is 3. The second-order valence-corrected chi connectivity index (χ2v) is 6.25. The number of ether oxygens (including phenoxy) is 2. The Balaban J connectivity index is 2.20. The first-order valence-corrected chi connectivity index (χ1v) is 9.14. The molecule has 1 aromatic carbocycles. The monoisotopic (exact) mass is 336 g/mol. The van der Waals surface area contributed by atoms with Crippen molar-refractivity contribution in [2.75, 3.05) is 7.11 Å². The van der Waals surface area contributed by atoms with Gasteiger partial charge in [0, 0.05) is 0 Å². The van der Waals surface area contributed by atoms with Crippen molar-refractivity contribution in [3.05, 3.63) is 29.8 Å². The zero-order valence-corrected chi connectivity index (χ0v) is 15.1. The lowest BCUT2D eigenvalue weighted by molar-refractivity contribution is -0.151. The molecule has 0 spiro atoms. The minimum absolute atomic E-state index is 0.317. The van der Waals surface area contributed by atoms with Gasteiger partial charge in [-0.1, -0.05) is 70.4 Å². The van der Waals surface area contributed by atoms with Crippen LogP contribution in [0.15, 0.2) is 24.3 Å². The Morgan fingerprint density at radius 1 is 1.00 bits per heavy atom. The van der Waals surface area contributed by atoms with E-state index >= 15 is 0 Å². The van der Waals surface area contributed by atoms with Crippen LogP contribution in [-0.2, 0) is 16.1 Å². The van der Waals surface area contributed by atoms with Gasteiger partial charge in [0.15, 0.2) is 6.10 Å². The summed E-state index contributed by atoms with van der Waals surface area (Å²) in [7, 11) is 1.62. The fourth-order valence-corrected chi connectivity index (χ4v) is 2.66. The lowest BCUT2D eigenvalue weighted by Crippen LogP contribution is -2.23. The van der Waals surface area contributed by atoms with E-state index < -0.39 is 12.1 Å². The Morgan fingerprint density at radius 3 is 2.12 bits per heavy atom. The summed E-state index contributed by atoms with van der Waals surface area (Å²) in [6.07, 6.45) is 9.51. The molecule has 1 atom stereocenters. The fourth-order valence-electron chi connectivity index (χ4n) is 2.66. The summed E-state index contributed by atoms with van der Waals surface area (Å²) >= 11 is 0. The molecule has 1 N–H and O–H groups in total. The molecule has 0 aliphatic rings. The molecule has 0 heterocycles. The molecule has 0 radical (unpaired) electrons. The third kappa shape index (κ3) is 8.92. The molecule has 0 aromatic heterocycles. The second-order valence-electron chi connectivity index (χ2n) is 6.25. The third-order valence-corrected chi connectivity index (χ3v) is 4.21. The molecule has 4 heteroatoms. The van der Waals surface area contributed by atoms with Crippen LogP contribution in [0.4, 0.5) is 0 Å². The zero-order valence-electron chi connectivity index (χ0n) is 15.1. The van der Waals surface area contributed by atoms with Gasteiger partial charge in [-0.2, -0.15) is 0 Å². The maximum absolute atomic E-state index is 11.3. The van der Waals surface area contributed by atoms with Gasteiger partial charge in [0.1, 0.15) is 5.75 Å². The van der Waals surface area contributed by atoms with Gasteiger partial charge in [-0.3, -0.25) is 0 Å². The van der Waals surface area contributed by atoms with Crippen LogP contribution in [0.2, 0.25) is 0 Å². The van der Waals surface area contributed by atoms with Gasteiger partial charge in [0.25, 0.3) is 0 Å². The number of carboxylic acid groups (broad SMARTS) is 1. The molecule has 0 bridgehead atoms. The van der Waals surface area contributed by atoms with Crippen molar-refractivity contribution in [2.24, 2.45) is 0 Å². The summed E-state index contributed by atoms with van der Waals surface area (Å²) in [5.74, 6) is -0.0843. The van der Waals surface area contributed by atoms with Crippen molar-refractivity contribution in [2.45, 2.75) is 77.4 Å². The Bertz CT molecular complexity index is 441. The summed E-state index contributed by atoms with van der Waals surface area (Å²) in [4.78, 5) is 11.3. The second kappa shape index (κ2) is 12.8. The van der Waals surface area contributed by atoms with Crippen molar-refractivity contribution in [3.8, 4) is 5.75 Å². The Hall–Kier alpha value is -1.55. The molecule has 136 valence electrons. The van der Waals surface area contributed by atoms with Gasteiger partial charge < -0.3 is 14.6 Å². The van der Waals surface area contributed by atoms with E-state index in [2.05, 4.69) is 6.92 Å². The normalized spacial score (nSPS) is 12.1. The number of aliphatic carboxylic acids is 1. The highest BCUT2D eigenvalue weighted by Gasteiger charge is 2.17. The average Bonchev–Trinajstić information content (AvgIpc) is 2.60. The lowest BCUT2D eigenvalue weighted by Gasteiger charge is -2.14. The van der Waals surface area contributed by atoms with Gasteiger partial charge in [0.2, 0.25) is 0 Å². The van der Waals surface area contributed by atoms with Gasteiger partial charge in [-0.15, -0.1) is 0 Å². The zero-order chi connectivity index (χ0) is 17.6. The van der Waals surface area contributed by atoms with Crippen LogP contribution in [0.5, 0.6) is 5.75 Å². The van der Waals surface area contributed by atoms with Gasteiger partial charge in [0.05, 0.1) is 13.7 Å². The number of carbonyl (C=O) groups is 1. The van der Waals surface area contributed by atoms with Crippen LogP contribution in [0, 0.1) is 0 Å². The van der Waals surface area contributed by atoms with E-state index in [1.807, 2.05) is 24.3 Å². The number of hydrogen-bond donors (Lipinski definition) is 1. The highest BCUT2D eigenvalue weighted by Crippen LogP contribution is 2.15. The van der Waals surface area contributed by atoms with Crippen LogP contribution in [0.1, 0.15) is 70.3 Å². The molecule has 1 rings (SSSR count). The van der Waals surface area contributed by atoms with E-state index in [4.69, 9.17) is 9.47 Å². The molecule has 0 amide bonds. The minimum atomic E-state index is -0.869. The van der Waals surface area contributed by atoms with Gasteiger partial charge in [-0.05, 0) is 24.1 Å². The molecule has 1 aromatic rings. The molecule has 0 saturated carbocycles. The number of rotatable bonds is 14. The van der Waals surface area contributed by atoms with Crippen LogP contribution in [0.25, 0.3) is 0 Å². The van der Waals surface area contributed by atoms with Crippen molar-refractivity contribution in [1.82, 2.24) is 0 Å². The molecular weight excluding hydrogens is 304 g/mol. The molecule has 24 heavy (non-hydrogen) atoms. The Morgan fingerprint density at radius 2 is 1.58 bits per heavy atom. The Kier molecular flexibility index (Phi) is 10.9. The van der Waals surface area contributed by atoms with E-state index in [0.29, 0.717) is 13.0 Å². The summed E-state index contributed by atoms with van der Waals surface area (Å²) in [5.41, 5.74) is 0.956. The van der Waals surface area contributed by atoms with Crippen molar-refractivity contribution in [1.29, 1.82) is 0 Å². The van der Waals surface area contributed by atoms with Crippen LogP contribution >= 0.6 is 0 Å². The topological polar surface area (TPSA) is 55.8 Å². The predicted octanol–water partition coefficient (Wildman–Crippen LogP) is 5.20. The summed E-state index contributed by atoms with van der Waals surface area (Å²) in [5, 5.41) is 9.29.